The molecule has 18 heavy (non-hydrogen) atoms. The van der Waals surface area contributed by atoms with E-state index in [0.717, 1.165) is 0 Å². The van der Waals surface area contributed by atoms with Gasteiger partial charge in [0.05, 0.1) is 4.90 Å². The Hall–Kier alpha value is -1.67. The third-order valence-corrected chi connectivity index (χ3v) is 3.43. The predicted octanol–water partition coefficient (Wildman–Crippen LogP) is 1.48. The summed E-state index contributed by atoms with van der Waals surface area (Å²) < 4.78 is 30.8. The van der Waals surface area contributed by atoms with E-state index >= 15 is 0 Å². The molecule has 0 aliphatic heterocycles. The number of anilines is 2. The van der Waals surface area contributed by atoms with Crippen molar-refractivity contribution in [2.75, 3.05) is 10.5 Å². The highest BCUT2D eigenvalue weighted by Gasteiger charge is 2.15. The molecule has 0 spiro atoms. The second-order valence-electron chi connectivity index (χ2n) is 3.50. The summed E-state index contributed by atoms with van der Waals surface area (Å²) in [6.45, 7) is 1.67. The number of aryl methyl sites for hydroxylation is 1. The highest BCUT2D eigenvalue weighted by molar-refractivity contribution is 7.92. The van der Waals surface area contributed by atoms with Crippen LogP contribution in [0.3, 0.4) is 0 Å². The summed E-state index contributed by atoms with van der Waals surface area (Å²) in [4.78, 5) is 0.118. The first-order chi connectivity index (χ1) is 7.97. The Kier molecular flexibility index (Phi) is 4.25. The SMILES string of the molecule is Cc1cc(NS(=O)(=O)c2ccc(N)cc2)no1.S. The Morgan fingerprint density at radius 1 is 1.28 bits per heavy atom. The maximum atomic E-state index is 11.9. The van der Waals surface area contributed by atoms with Gasteiger partial charge < -0.3 is 10.3 Å². The van der Waals surface area contributed by atoms with Gasteiger partial charge in [-0.1, -0.05) is 5.16 Å². The molecule has 0 aliphatic carbocycles. The minimum Gasteiger partial charge on any atom is -0.399 e. The van der Waals surface area contributed by atoms with Crippen LogP contribution in [0.4, 0.5) is 11.5 Å². The summed E-state index contributed by atoms with van der Waals surface area (Å²) >= 11 is 0. The van der Waals surface area contributed by atoms with Crippen LogP contribution in [-0.2, 0) is 10.0 Å². The van der Waals surface area contributed by atoms with E-state index in [4.69, 9.17) is 10.3 Å². The third-order valence-electron chi connectivity index (χ3n) is 2.06. The summed E-state index contributed by atoms with van der Waals surface area (Å²) in [7, 11) is -3.64. The third kappa shape index (κ3) is 3.17. The quantitative estimate of drug-likeness (QED) is 0.833. The van der Waals surface area contributed by atoms with Gasteiger partial charge in [0.15, 0.2) is 5.82 Å². The largest absolute Gasteiger partial charge is 0.399 e. The van der Waals surface area contributed by atoms with Crippen molar-refractivity contribution in [3.8, 4) is 0 Å². The van der Waals surface area contributed by atoms with Crippen LogP contribution in [0.15, 0.2) is 39.8 Å². The van der Waals surface area contributed by atoms with Gasteiger partial charge in [-0.05, 0) is 31.2 Å². The molecule has 98 valence electrons. The lowest BCUT2D eigenvalue weighted by Crippen LogP contribution is -2.13. The van der Waals surface area contributed by atoms with Crippen molar-refractivity contribution in [1.82, 2.24) is 5.16 Å². The lowest BCUT2D eigenvalue weighted by Gasteiger charge is -2.04. The van der Waals surface area contributed by atoms with Crippen LogP contribution in [-0.4, -0.2) is 13.6 Å². The van der Waals surface area contributed by atoms with E-state index in [1.165, 1.54) is 30.3 Å². The number of nitrogens with zero attached hydrogens (tertiary/aromatic N) is 1. The fourth-order valence-corrected chi connectivity index (χ4v) is 2.24. The molecule has 1 aromatic heterocycles. The van der Waals surface area contributed by atoms with Crippen LogP contribution in [0.25, 0.3) is 0 Å². The van der Waals surface area contributed by atoms with E-state index in [0.29, 0.717) is 11.4 Å². The van der Waals surface area contributed by atoms with Gasteiger partial charge in [0, 0.05) is 11.8 Å². The summed E-state index contributed by atoms with van der Waals surface area (Å²) in [5, 5.41) is 3.55. The van der Waals surface area contributed by atoms with Crippen LogP contribution < -0.4 is 10.5 Å². The Balaban J connectivity index is 0.00000162. The van der Waals surface area contributed by atoms with Gasteiger partial charge in [-0.15, -0.1) is 0 Å². The topological polar surface area (TPSA) is 98.2 Å². The minimum atomic E-state index is -3.64. The smallest absolute Gasteiger partial charge is 0.263 e. The van der Waals surface area contributed by atoms with Gasteiger partial charge >= 0.3 is 0 Å². The van der Waals surface area contributed by atoms with Gasteiger partial charge in [0.2, 0.25) is 0 Å². The molecule has 0 bridgehead atoms. The van der Waals surface area contributed by atoms with Crippen molar-refractivity contribution in [3.05, 3.63) is 36.1 Å². The fourth-order valence-electron chi connectivity index (χ4n) is 1.26. The van der Waals surface area contributed by atoms with Crippen molar-refractivity contribution in [1.29, 1.82) is 0 Å². The molecule has 2 rings (SSSR count). The highest BCUT2D eigenvalue weighted by Crippen LogP contribution is 2.16. The molecule has 2 aromatic rings. The molecule has 0 radical (unpaired) electrons. The molecule has 0 atom stereocenters. The number of aromatic nitrogens is 1. The Morgan fingerprint density at radius 2 is 1.89 bits per heavy atom. The molecule has 8 heteroatoms. The van der Waals surface area contributed by atoms with Gasteiger partial charge in [-0.2, -0.15) is 13.5 Å². The molecule has 1 heterocycles. The van der Waals surface area contributed by atoms with Crippen LogP contribution in [0.1, 0.15) is 5.76 Å². The Bertz CT molecular complexity index is 620. The van der Waals surface area contributed by atoms with Crippen molar-refractivity contribution in [3.63, 3.8) is 0 Å². The van der Waals surface area contributed by atoms with Gasteiger partial charge in [-0.3, -0.25) is 4.72 Å². The monoisotopic (exact) mass is 287 g/mol. The average Bonchev–Trinajstić information content (AvgIpc) is 2.63. The van der Waals surface area contributed by atoms with Crippen molar-refractivity contribution in [2.24, 2.45) is 0 Å². The Labute approximate surface area is 112 Å². The van der Waals surface area contributed by atoms with Gasteiger partial charge in [-0.25, -0.2) is 8.42 Å². The molecule has 0 unspecified atom stereocenters. The standard InChI is InChI=1S/C10H11N3O3S.H2S/c1-7-6-10(12-16-7)13-17(14,15)9-4-2-8(11)3-5-9;/h2-6H,11H2,1H3,(H,12,13);1H2. The summed E-state index contributed by atoms with van der Waals surface area (Å²) in [5.74, 6) is 0.680. The molecule has 0 saturated heterocycles. The molecule has 0 aliphatic rings. The zero-order valence-corrected chi connectivity index (χ0v) is 11.4. The number of nitrogen functional groups attached to an aromatic ring is 1. The zero-order valence-electron chi connectivity index (χ0n) is 9.54. The van der Waals surface area contributed by atoms with Crippen molar-refractivity contribution in [2.45, 2.75) is 11.8 Å². The first-order valence-electron chi connectivity index (χ1n) is 4.79. The normalized spacial score (nSPS) is 10.7. The Morgan fingerprint density at radius 3 is 2.39 bits per heavy atom. The number of hydrogen-bond donors (Lipinski definition) is 2. The minimum absolute atomic E-state index is 0. The van der Waals surface area contributed by atoms with Crippen LogP contribution in [0.5, 0.6) is 0 Å². The number of nitrogens with two attached hydrogens (primary N) is 1. The summed E-state index contributed by atoms with van der Waals surface area (Å²) in [5.41, 5.74) is 5.98. The molecule has 6 nitrogen and oxygen atoms in total. The number of hydrogen-bond acceptors (Lipinski definition) is 5. The molecule has 1 aromatic carbocycles. The van der Waals surface area contributed by atoms with E-state index in [1.54, 1.807) is 6.92 Å². The second-order valence-corrected chi connectivity index (χ2v) is 5.18. The first-order valence-corrected chi connectivity index (χ1v) is 6.27. The number of sulfonamides is 1. The highest BCUT2D eigenvalue weighted by atomic mass is 32.2. The molecule has 0 amide bonds. The summed E-state index contributed by atoms with van der Waals surface area (Å²) in [6, 6.07) is 7.37. The van der Waals surface area contributed by atoms with E-state index < -0.39 is 10.0 Å². The number of rotatable bonds is 3. The van der Waals surface area contributed by atoms with Gasteiger partial charge in [0.1, 0.15) is 5.76 Å². The van der Waals surface area contributed by atoms with Crippen LogP contribution in [0, 0.1) is 6.92 Å². The lowest BCUT2D eigenvalue weighted by atomic mass is 10.3. The van der Waals surface area contributed by atoms with E-state index in [-0.39, 0.29) is 24.2 Å². The van der Waals surface area contributed by atoms with Crippen LogP contribution in [0.2, 0.25) is 0 Å². The average molecular weight is 287 g/mol. The molecule has 0 fully saturated rings. The molecular formula is C10H13N3O3S2. The van der Waals surface area contributed by atoms with E-state index in [9.17, 15) is 8.42 Å². The zero-order chi connectivity index (χ0) is 12.5. The fraction of sp³-hybridized carbons (Fsp3) is 0.100. The van der Waals surface area contributed by atoms with Gasteiger partial charge in [0.25, 0.3) is 10.0 Å². The second kappa shape index (κ2) is 5.32. The van der Waals surface area contributed by atoms with E-state index in [1.807, 2.05) is 0 Å². The molecule has 3 N–H and O–H groups in total. The van der Waals surface area contributed by atoms with Crippen LogP contribution >= 0.6 is 13.5 Å². The number of benzene rings is 1. The molecule has 0 saturated carbocycles. The maximum Gasteiger partial charge on any atom is 0.263 e. The number of nitrogens with one attached hydrogen (secondary N) is 1. The maximum absolute atomic E-state index is 11.9. The van der Waals surface area contributed by atoms with E-state index in [2.05, 4.69) is 9.88 Å². The predicted molar refractivity (Wildman–Crippen MR) is 73.3 cm³/mol. The van der Waals surface area contributed by atoms with Crippen molar-refractivity contribution >= 4 is 35.0 Å². The van der Waals surface area contributed by atoms with Crippen molar-refractivity contribution < 1.29 is 12.9 Å². The lowest BCUT2D eigenvalue weighted by molar-refractivity contribution is 0.400. The summed E-state index contributed by atoms with van der Waals surface area (Å²) in [6.07, 6.45) is 0. The molecular weight excluding hydrogens is 274 g/mol. The first kappa shape index (κ1) is 14.4.